The highest BCUT2D eigenvalue weighted by Crippen LogP contribution is 2.24. The highest BCUT2D eigenvalue weighted by atomic mass is 32.2. The van der Waals surface area contributed by atoms with Crippen LogP contribution in [0.4, 0.5) is 0 Å². The second-order valence-electron chi connectivity index (χ2n) is 6.42. The summed E-state index contributed by atoms with van der Waals surface area (Å²) in [4.78, 5) is 30.5. The lowest BCUT2D eigenvalue weighted by atomic mass is 10.0. The van der Waals surface area contributed by atoms with Crippen LogP contribution in [0.5, 0.6) is 0 Å². The molecule has 0 saturated heterocycles. The second-order valence-corrected chi connectivity index (χ2v) is 8.08. The molecule has 3 aromatic rings. The van der Waals surface area contributed by atoms with E-state index in [1.54, 1.807) is 29.2 Å². The van der Waals surface area contributed by atoms with Crippen LogP contribution < -0.4 is 5.32 Å². The molecule has 29 heavy (non-hydrogen) atoms. The number of aromatic nitrogens is 1. The van der Waals surface area contributed by atoms with Gasteiger partial charge in [-0.2, -0.15) is 11.3 Å². The molecule has 150 valence electrons. The largest absolute Gasteiger partial charge is 0.469 e. The van der Waals surface area contributed by atoms with Crippen LogP contribution in [-0.2, 0) is 9.53 Å². The molecule has 1 amide bonds. The molecule has 7 heteroatoms. The lowest BCUT2D eigenvalue weighted by Crippen LogP contribution is -2.31. The molecular weight excluding hydrogens is 404 g/mol. The second kappa shape index (κ2) is 9.71. The van der Waals surface area contributed by atoms with E-state index in [-0.39, 0.29) is 18.3 Å². The number of rotatable bonds is 7. The lowest BCUT2D eigenvalue weighted by Gasteiger charge is -2.19. The predicted octanol–water partition coefficient (Wildman–Crippen LogP) is 4.87. The topological polar surface area (TPSA) is 68.3 Å². The van der Waals surface area contributed by atoms with Crippen LogP contribution in [0.2, 0.25) is 0 Å². The fourth-order valence-corrected chi connectivity index (χ4v) is 4.00. The molecule has 1 atom stereocenters. The predicted molar refractivity (Wildman–Crippen MR) is 117 cm³/mol. The standard InChI is InChI=1S/C22H22N2O3S2/c1-14-18(8-9-19(23-14)16-10-11-29-13-16)22(26)24-20(12-21(25)27-2)15-4-6-17(28-3)7-5-15/h4-11,13,20H,12H2,1-3H3,(H,24,26). The van der Waals surface area contributed by atoms with E-state index in [4.69, 9.17) is 4.74 Å². The number of nitrogens with one attached hydrogen (secondary N) is 1. The van der Waals surface area contributed by atoms with Gasteiger partial charge in [-0.25, -0.2) is 0 Å². The Balaban J connectivity index is 1.82. The van der Waals surface area contributed by atoms with E-state index in [9.17, 15) is 9.59 Å². The number of methoxy groups -OCH3 is 1. The molecule has 0 fully saturated rings. The molecule has 0 aliphatic carbocycles. The van der Waals surface area contributed by atoms with Gasteiger partial charge in [-0.15, -0.1) is 11.8 Å². The molecular formula is C22H22N2O3S2. The molecule has 0 bridgehead atoms. The number of benzene rings is 1. The minimum atomic E-state index is -0.484. The summed E-state index contributed by atoms with van der Waals surface area (Å²) in [5.41, 5.74) is 3.84. The maximum absolute atomic E-state index is 12.9. The van der Waals surface area contributed by atoms with Crippen LogP contribution in [0.15, 0.2) is 58.1 Å². The van der Waals surface area contributed by atoms with Crippen LogP contribution in [0, 0.1) is 6.92 Å². The number of thiophene rings is 1. The molecule has 0 aliphatic rings. The van der Waals surface area contributed by atoms with Crippen LogP contribution in [0.25, 0.3) is 11.3 Å². The zero-order valence-electron chi connectivity index (χ0n) is 16.5. The third-order valence-electron chi connectivity index (χ3n) is 4.57. The first kappa shape index (κ1) is 21.1. The number of thioether (sulfide) groups is 1. The van der Waals surface area contributed by atoms with Crippen molar-refractivity contribution in [1.82, 2.24) is 10.3 Å². The van der Waals surface area contributed by atoms with E-state index < -0.39 is 6.04 Å². The van der Waals surface area contributed by atoms with Crippen LogP contribution in [0.3, 0.4) is 0 Å². The fourth-order valence-electron chi connectivity index (χ4n) is 2.95. The van der Waals surface area contributed by atoms with Crippen molar-refractivity contribution in [2.45, 2.75) is 24.3 Å². The minimum Gasteiger partial charge on any atom is -0.469 e. The molecule has 0 saturated carbocycles. The summed E-state index contributed by atoms with van der Waals surface area (Å²) in [7, 11) is 1.34. The van der Waals surface area contributed by atoms with Crippen molar-refractivity contribution in [2.75, 3.05) is 13.4 Å². The number of hydrogen-bond donors (Lipinski definition) is 1. The normalized spacial score (nSPS) is 11.7. The summed E-state index contributed by atoms with van der Waals surface area (Å²) in [5, 5.41) is 6.98. The smallest absolute Gasteiger partial charge is 0.307 e. The van der Waals surface area contributed by atoms with Gasteiger partial charge in [0.15, 0.2) is 0 Å². The molecule has 2 heterocycles. The van der Waals surface area contributed by atoms with E-state index in [0.29, 0.717) is 11.3 Å². The van der Waals surface area contributed by atoms with Crippen LogP contribution >= 0.6 is 23.1 Å². The SMILES string of the molecule is COC(=O)CC(NC(=O)c1ccc(-c2ccsc2)nc1C)c1ccc(SC)cc1. The molecule has 2 aromatic heterocycles. The quantitative estimate of drug-likeness (QED) is 0.431. The van der Waals surface area contributed by atoms with Crippen molar-refractivity contribution in [2.24, 2.45) is 0 Å². The number of nitrogens with zero attached hydrogens (tertiary/aromatic N) is 1. The van der Waals surface area contributed by atoms with E-state index in [1.807, 2.05) is 60.3 Å². The molecule has 1 unspecified atom stereocenters. The van der Waals surface area contributed by atoms with E-state index in [1.165, 1.54) is 7.11 Å². The third kappa shape index (κ3) is 5.25. The maximum Gasteiger partial charge on any atom is 0.307 e. The first-order valence-corrected chi connectivity index (χ1v) is 11.2. The molecule has 1 N–H and O–H groups in total. The summed E-state index contributed by atoms with van der Waals surface area (Å²) in [5.74, 6) is -0.651. The summed E-state index contributed by atoms with van der Waals surface area (Å²) < 4.78 is 4.81. The first-order chi connectivity index (χ1) is 14.0. The Morgan fingerprint density at radius 3 is 2.52 bits per heavy atom. The Bertz CT molecular complexity index is 986. The number of carbonyl (C=O) groups excluding carboxylic acids is 2. The van der Waals surface area contributed by atoms with Gasteiger partial charge in [0, 0.05) is 15.8 Å². The molecule has 5 nitrogen and oxygen atoms in total. The van der Waals surface area contributed by atoms with Gasteiger partial charge < -0.3 is 10.1 Å². The third-order valence-corrected chi connectivity index (χ3v) is 6.00. The van der Waals surface area contributed by atoms with Crippen molar-refractivity contribution in [3.63, 3.8) is 0 Å². The average molecular weight is 427 g/mol. The number of ether oxygens (including phenoxy) is 1. The Morgan fingerprint density at radius 2 is 1.93 bits per heavy atom. The zero-order valence-corrected chi connectivity index (χ0v) is 18.1. The van der Waals surface area contributed by atoms with Gasteiger partial charge in [-0.1, -0.05) is 12.1 Å². The fraction of sp³-hybridized carbons (Fsp3) is 0.227. The van der Waals surface area contributed by atoms with Crippen molar-refractivity contribution < 1.29 is 14.3 Å². The average Bonchev–Trinajstić information content (AvgIpc) is 3.28. The highest BCUT2D eigenvalue weighted by Gasteiger charge is 2.21. The van der Waals surface area contributed by atoms with Crippen LogP contribution in [0.1, 0.15) is 34.1 Å². The number of esters is 1. The number of carbonyl (C=O) groups is 2. The zero-order chi connectivity index (χ0) is 20.8. The van der Waals surface area contributed by atoms with Gasteiger partial charge in [0.25, 0.3) is 5.91 Å². The Kier molecular flexibility index (Phi) is 7.06. The van der Waals surface area contributed by atoms with Gasteiger partial charge in [0.05, 0.1) is 36.5 Å². The molecule has 0 aliphatic heterocycles. The Labute approximate surface area is 178 Å². The van der Waals surface area contributed by atoms with Crippen molar-refractivity contribution >= 4 is 35.0 Å². The van der Waals surface area contributed by atoms with Crippen molar-refractivity contribution in [1.29, 1.82) is 0 Å². The molecule has 3 rings (SSSR count). The first-order valence-electron chi connectivity index (χ1n) is 9.03. The number of amides is 1. The number of pyridine rings is 1. The summed E-state index contributed by atoms with van der Waals surface area (Å²) in [6, 6.07) is 12.9. The number of aryl methyl sites for hydroxylation is 1. The van der Waals surface area contributed by atoms with Gasteiger partial charge in [0.1, 0.15) is 0 Å². The Hall–Kier alpha value is -2.64. The van der Waals surface area contributed by atoms with Gasteiger partial charge in [-0.05, 0) is 54.5 Å². The lowest BCUT2D eigenvalue weighted by molar-refractivity contribution is -0.141. The maximum atomic E-state index is 12.9. The van der Waals surface area contributed by atoms with Crippen LogP contribution in [-0.4, -0.2) is 30.2 Å². The Morgan fingerprint density at radius 1 is 1.17 bits per heavy atom. The van der Waals surface area contributed by atoms with E-state index in [0.717, 1.165) is 21.7 Å². The van der Waals surface area contributed by atoms with Crippen molar-refractivity contribution in [3.8, 4) is 11.3 Å². The summed E-state index contributed by atoms with van der Waals surface area (Å²) in [6.45, 7) is 1.81. The number of hydrogen-bond acceptors (Lipinski definition) is 6. The van der Waals surface area contributed by atoms with Gasteiger partial charge in [0.2, 0.25) is 0 Å². The molecule has 0 spiro atoms. The summed E-state index contributed by atoms with van der Waals surface area (Å²) in [6.07, 6.45) is 2.05. The summed E-state index contributed by atoms with van der Waals surface area (Å²) >= 11 is 3.24. The van der Waals surface area contributed by atoms with Gasteiger partial charge >= 0.3 is 5.97 Å². The molecule has 0 radical (unpaired) electrons. The van der Waals surface area contributed by atoms with Gasteiger partial charge in [-0.3, -0.25) is 14.6 Å². The molecule has 1 aromatic carbocycles. The monoisotopic (exact) mass is 426 g/mol. The van der Waals surface area contributed by atoms with E-state index in [2.05, 4.69) is 10.3 Å². The van der Waals surface area contributed by atoms with E-state index >= 15 is 0 Å². The highest BCUT2D eigenvalue weighted by molar-refractivity contribution is 7.98. The minimum absolute atomic E-state index is 0.0559. The van der Waals surface area contributed by atoms with Crippen molar-refractivity contribution in [3.05, 3.63) is 70.0 Å².